The molecular formula is C75H62Br2F10N32O2. The predicted molar refractivity (Wildman–Crippen MR) is 451 cm³/mol. The fourth-order valence-electron chi connectivity index (χ4n) is 11.4. The lowest BCUT2D eigenvalue weighted by Crippen LogP contribution is -2.08. The number of nitro benzene ring substituents is 1. The first-order chi connectivity index (χ1) is 57.8. The lowest BCUT2D eigenvalue weighted by Gasteiger charge is -2.07. The Labute approximate surface area is 685 Å². The summed E-state index contributed by atoms with van der Waals surface area (Å²) in [6.07, 6.45) is -0.749. The maximum absolute atomic E-state index is 13.3. The zero-order valence-corrected chi connectivity index (χ0v) is 64.6. The van der Waals surface area contributed by atoms with Crippen LogP contribution in [-0.4, -0.2) is 111 Å². The van der Waals surface area contributed by atoms with Gasteiger partial charge >= 0.3 is 6.18 Å². The van der Waals surface area contributed by atoms with Gasteiger partial charge in [-0.25, -0.2) is 30.7 Å². The number of nitrogens with one attached hydrogen (secondary N) is 10. The van der Waals surface area contributed by atoms with Crippen molar-refractivity contribution in [2.75, 3.05) is 57.3 Å². The van der Waals surface area contributed by atoms with E-state index in [1.807, 2.05) is 83.7 Å². The van der Waals surface area contributed by atoms with Crippen LogP contribution < -0.4 is 57.3 Å². The number of alkyl halides is 3. The molecule has 0 amide bonds. The smallest absolute Gasteiger partial charge is 0.382 e. The maximum atomic E-state index is 13.3. The molecule has 0 bridgehead atoms. The number of hydrogen-bond donors (Lipinski definition) is 20. The number of non-ortho nitro benzene ring substituents is 1. The van der Waals surface area contributed by atoms with Crippen molar-refractivity contribution in [2.45, 2.75) is 6.18 Å². The zero-order chi connectivity index (χ0) is 86.7. The number of benzene rings is 10. The third-order valence-electron chi connectivity index (χ3n) is 17.3. The van der Waals surface area contributed by atoms with E-state index in [2.05, 4.69) is 134 Å². The third-order valence-corrected chi connectivity index (χ3v) is 18.2. The normalized spacial score (nSPS) is 10.9. The van der Waals surface area contributed by atoms with Crippen molar-refractivity contribution >= 4 is 205 Å². The van der Waals surface area contributed by atoms with E-state index in [4.69, 9.17) is 57.3 Å². The Morgan fingerprint density at radius 1 is 0.322 bits per heavy atom. The fraction of sp³-hybridized carbons (Fsp3) is 0.0133. The van der Waals surface area contributed by atoms with E-state index in [0.717, 1.165) is 76.4 Å². The van der Waals surface area contributed by atoms with Gasteiger partial charge in [0.15, 0.2) is 69.8 Å². The van der Waals surface area contributed by atoms with Crippen LogP contribution in [0.4, 0.5) is 108 Å². The Morgan fingerprint density at radius 3 is 1.31 bits per heavy atom. The molecule has 21 aromatic rings. The van der Waals surface area contributed by atoms with Crippen LogP contribution in [0.3, 0.4) is 0 Å². The molecule has 0 saturated carbocycles. The van der Waals surface area contributed by atoms with Crippen LogP contribution in [0.5, 0.6) is 0 Å². The number of para-hydroxylation sites is 1. The molecule has 0 aliphatic rings. The average molecular weight is 1790 g/mol. The van der Waals surface area contributed by atoms with E-state index in [9.17, 15) is 54.0 Å². The monoisotopic (exact) mass is 1790 g/mol. The van der Waals surface area contributed by atoms with Crippen molar-refractivity contribution in [1.29, 1.82) is 0 Å². The number of H-pyrrole nitrogens is 10. The summed E-state index contributed by atoms with van der Waals surface area (Å²) in [6.45, 7) is 0. The van der Waals surface area contributed by atoms with Gasteiger partial charge in [0.1, 0.15) is 45.6 Å². The number of aromatic amines is 10. The molecule has 10 aromatic carbocycles. The van der Waals surface area contributed by atoms with Crippen molar-refractivity contribution in [2.24, 2.45) is 0 Å². The molecule has 34 nitrogen and oxygen atoms in total. The molecule has 0 atom stereocenters. The van der Waals surface area contributed by atoms with Gasteiger partial charge < -0.3 is 61.9 Å². The third kappa shape index (κ3) is 19.5. The van der Waals surface area contributed by atoms with Gasteiger partial charge in [0.2, 0.25) is 0 Å². The summed E-state index contributed by atoms with van der Waals surface area (Å²) in [5.74, 6) is -0.737. The standard InChI is InChI=1S/C11H10N4.C8H5F4N3.2C7H6BrN3.C7H5F2N3.4C7H6FN3.C7H6N4O2/c12-11-10-8(13-14-11)4-3-5-9(10)15-6-1-2-7-15;9-5-4(8(10,11)12)2-1-3-6(5)14-15-7(3)13;8-4-1-2-6-5(3-4)7(9)11-10-6;8-4-1-2-5-6(3-4)10-11-7(5)9;8-3-1-4-6(5(9)2-3)11-12-7(4)10;8-4-1-2-6-5(3-4)7(9)11-10-6;8-4-1-2-5-6(3-4)10-11-7(5)9;8-4-2-1-3-5-6(4)7(9)11-10-5;8-5-3-1-2-4-6(5)10-11-7(4)9;8-7-5-3-4(11(12)13)1-2-6(5)9-10-7/h1-7H,(H3,12,13,14);1-2H,(H3,13,14,15);2*1-3H,(H3,9,10,11);1-2H,(H3,10,11,12);4*1-3H,(H3,9,10,11);1-3H,(H3,8,9,10). The largest absolute Gasteiger partial charge is 0.419 e. The van der Waals surface area contributed by atoms with E-state index in [-0.39, 0.29) is 74.0 Å². The van der Waals surface area contributed by atoms with Gasteiger partial charge in [-0.3, -0.25) is 61.1 Å². The number of nitrogens with two attached hydrogens (primary N) is 10. The van der Waals surface area contributed by atoms with Gasteiger partial charge in [-0.1, -0.05) is 50.1 Å². The van der Waals surface area contributed by atoms with Crippen LogP contribution in [-0.2, 0) is 6.18 Å². The molecule has 618 valence electrons. The minimum atomic E-state index is -4.72. The summed E-state index contributed by atoms with van der Waals surface area (Å²) in [4.78, 5) is 9.95. The molecule has 0 aliphatic carbocycles. The molecule has 0 saturated heterocycles. The number of halogens is 12. The van der Waals surface area contributed by atoms with Crippen LogP contribution >= 0.6 is 31.9 Å². The molecule has 0 fully saturated rings. The zero-order valence-electron chi connectivity index (χ0n) is 61.5. The van der Waals surface area contributed by atoms with Crippen LogP contribution in [0, 0.1) is 50.8 Å². The summed E-state index contributed by atoms with van der Waals surface area (Å²) in [6, 6.07) is 47.6. The molecule has 0 radical (unpaired) electrons. The molecule has 121 heavy (non-hydrogen) atoms. The van der Waals surface area contributed by atoms with Gasteiger partial charge in [0.05, 0.1) is 70.9 Å². The van der Waals surface area contributed by atoms with Gasteiger partial charge in [-0.2, -0.15) is 64.2 Å². The van der Waals surface area contributed by atoms with E-state index in [1.54, 1.807) is 42.5 Å². The highest BCUT2D eigenvalue weighted by atomic mass is 79.9. The molecule has 0 unspecified atom stereocenters. The highest BCUT2D eigenvalue weighted by molar-refractivity contribution is 9.10. The van der Waals surface area contributed by atoms with E-state index in [1.165, 1.54) is 48.5 Å². The highest BCUT2D eigenvalue weighted by Crippen LogP contribution is 2.36. The van der Waals surface area contributed by atoms with E-state index in [0.29, 0.717) is 84.6 Å². The summed E-state index contributed by atoms with van der Waals surface area (Å²) in [5, 5.41) is 80.0. The summed E-state index contributed by atoms with van der Waals surface area (Å²) < 4.78 is 131. The topological polar surface area (TPSA) is 595 Å². The fourth-order valence-corrected chi connectivity index (χ4v) is 12.1. The minimum Gasteiger partial charge on any atom is -0.382 e. The van der Waals surface area contributed by atoms with Crippen molar-refractivity contribution in [3.8, 4) is 5.69 Å². The molecule has 0 spiro atoms. The minimum absolute atomic E-state index is 0.0144. The first-order valence-electron chi connectivity index (χ1n) is 34.4. The van der Waals surface area contributed by atoms with Crippen LogP contribution in [0.2, 0.25) is 0 Å². The predicted octanol–water partition coefficient (Wildman–Crippen LogP) is 15.7. The molecule has 0 aliphatic heterocycles. The summed E-state index contributed by atoms with van der Waals surface area (Å²) in [7, 11) is 0. The Morgan fingerprint density at radius 2 is 0.719 bits per heavy atom. The molecular weight excluding hydrogens is 1730 g/mol. The first kappa shape index (κ1) is 84.2. The Balaban J connectivity index is 0.000000123. The lowest BCUT2D eigenvalue weighted by atomic mass is 10.1. The quantitative estimate of drug-likeness (QED) is 0.0434. The van der Waals surface area contributed by atoms with Crippen LogP contribution in [0.15, 0.2) is 203 Å². The summed E-state index contributed by atoms with van der Waals surface area (Å²) in [5.41, 5.74) is 60.3. The van der Waals surface area contributed by atoms with Crippen LogP contribution in [0.25, 0.3) is 115 Å². The van der Waals surface area contributed by atoms with Gasteiger partial charge in [-0.05, 0) is 146 Å². The highest BCUT2D eigenvalue weighted by Gasteiger charge is 2.35. The van der Waals surface area contributed by atoms with Gasteiger partial charge in [0, 0.05) is 77.2 Å². The Bertz CT molecular complexity index is 7050. The number of nitro groups is 1. The number of aromatic nitrogens is 21. The Hall–Kier alpha value is -16.2. The number of anilines is 10. The molecule has 11 aromatic heterocycles. The molecule has 21 rings (SSSR count). The number of nitrogen functional groups attached to an aromatic ring is 10. The molecule has 11 heterocycles. The van der Waals surface area contributed by atoms with Crippen molar-refractivity contribution in [3.63, 3.8) is 0 Å². The second-order valence-electron chi connectivity index (χ2n) is 25.1. The Kier molecular flexibility index (Phi) is 25.3. The van der Waals surface area contributed by atoms with E-state index < -0.39 is 34.1 Å². The van der Waals surface area contributed by atoms with E-state index >= 15 is 0 Å². The van der Waals surface area contributed by atoms with Gasteiger partial charge in [-0.15, -0.1) is 0 Å². The average Bonchev–Trinajstić information content (AvgIpc) is 1.71. The SMILES string of the molecule is Nc1n[nH]c2c(F)c(C(F)(F)F)ccc12.Nc1n[nH]c2c(F)cc(F)cc12.Nc1n[nH]c2c(F)cccc12.Nc1n[nH]c2cc(Br)ccc12.Nc1n[nH]c2cc(F)ccc12.Nc1n[nH]c2ccc(Br)cc12.Nc1n[nH]c2ccc(F)cc12.Nc1n[nH]c2ccc([N+](=O)[O-])cc12.Nc1n[nH]c2cccc(-n3cccc3)c12.Nc1n[nH]c2cccc(F)c12. The lowest BCUT2D eigenvalue weighted by molar-refractivity contribution is -0.384. The van der Waals surface area contributed by atoms with Crippen LogP contribution in [0.1, 0.15) is 5.56 Å². The maximum Gasteiger partial charge on any atom is 0.419 e. The molecule has 46 heteroatoms. The summed E-state index contributed by atoms with van der Waals surface area (Å²) >= 11 is 6.71. The van der Waals surface area contributed by atoms with Gasteiger partial charge in [0.25, 0.3) is 5.69 Å². The first-order valence-corrected chi connectivity index (χ1v) is 36.0. The number of hydrogen-bond acceptors (Lipinski definition) is 22. The molecule has 30 N–H and O–H groups in total. The van der Waals surface area contributed by atoms with Crippen molar-refractivity contribution < 1.29 is 48.8 Å². The van der Waals surface area contributed by atoms with Crippen molar-refractivity contribution in [1.82, 2.24) is 107 Å². The number of rotatable bonds is 2. The number of fused-ring (bicyclic) bond motifs is 10. The van der Waals surface area contributed by atoms with Crippen molar-refractivity contribution in [3.05, 3.63) is 260 Å². The second kappa shape index (κ2) is 36.3. The second-order valence-corrected chi connectivity index (χ2v) is 26.9. The number of nitrogens with zero attached hydrogens (tertiary/aromatic N) is 12.